The first-order valence-corrected chi connectivity index (χ1v) is 11.7. The van der Waals surface area contributed by atoms with E-state index in [1.165, 1.54) is 25.6 Å². The van der Waals surface area contributed by atoms with Crippen LogP contribution in [-0.2, 0) is 9.53 Å². The fourth-order valence-corrected chi connectivity index (χ4v) is 6.96. The van der Waals surface area contributed by atoms with Crippen molar-refractivity contribution in [1.29, 1.82) is 0 Å². The molecule has 5 fully saturated rings. The Balaban J connectivity index is 1.37. The molecule has 9 heteroatoms. The zero-order chi connectivity index (χ0) is 21.6. The van der Waals surface area contributed by atoms with Crippen LogP contribution in [0.2, 0.25) is 0 Å². The van der Waals surface area contributed by atoms with Gasteiger partial charge in [-0.1, -0.05) is 0 Å². The molecule has 31 heavy (non-hydrogen) atoms. The van der Waals surface area contributed by atoms with Crippen molar-refractivity contribution in [3.63, 3.8) is 0 Å². The third-order valence-corrected chi connectivity index (χ3v) is 7.82. The molecule has 1 aliphatic heterocycles. The van der Waals surface area contributed by atoms with Gasteiger partial charge in [0.15, 0.2) is 0 Å². The number of carbonyl (C=O) groups is 1. The van der Waals surface area contributed by atoms with E-state index in [0.29, 0.717) is 44.2 Å². The van der Waals surface area contributed by atoms with Crippen molar-refractivity contribution in [3.8, 4) is 0 Å². The van der Waals surface area contributed by atoms with Crippen molar-refractivity contribution in [1.82, 2.24) is 9.97 Å². The molecule has 168 valence electrons. The summed E-state index contributed by atoms with van der Waals surface area (Å²) in [5.74, 6) is 2.59. The van der Waals surface area contributed by atoms with E-state index < -0.39 is 0 Å². The molecule has 9 nitrogen and oxygen atoms in total. The number of nitrogens with one attached hydrogen (secondary N) is 1. The van der Waals surface area contributed by atoms with Crippen LogP contribution in [0.4, 0.5) is 17.3 Å². The normalized spacial score (nSPS) is 32.2. The molecule has 1 aromatic heterocycles. The molecular formula is C22H31N5O4. The van der Waals surface area contributed by atoms with Crippen LogP contribution in [0.15, 0.2) is 6.33 Å². The minimum absolute atomic E-state index is 0.0344. The van der Waals surface area contributed by atoms with Gasteiger partial charge in [0.05, 0.1) is 17.4 Å². The molecule has 0 amide bonds. The first kappa shape index (κ1) is 20.5. The zero-order valence-electron chi connectivity index (χ0n) is 18.1. The number of esters is 1. The molecule has 0 unspecified atom stereocenters. The number of aromatic nitrogens is 2. The zero-order valence-corrected chi connectivity index (χ0v) is 18.1. The molecule has 5 aliphatic rings. The Bertz CT molecular complexity index is 832. The van der Waals surface area contributed by atoms with Crippen LogP contribution >= 0.6 is 0 Å². The largest absolute Gasteiger partial charge is 0.466 e. The Hall–Kier alpha value is -2.45. The maximum absolute atomic E-state index is 12.1. The second kappa shape index (κ2) is 7.91. The number of carbonyl (C=O) groups excluding carboxylic acids is 1. The number of piperidine rings is 1. The van der Waals surface area contributed by atoms with Crippen LogP contribution in [0.1, 0.15) is 58.3 Å². The predicted octanol–water partition coefficient (Wildman–Crippen LogP) is 3.55. The third-order valence-electron chi connectivity index (χ3n) is 7.82. The summed E-state index contributed by atoms with van der Waals surface area (Å²) in [4.78, 5) is 34.4. The molecule has 4 bridgehead atoms. The number of rotatable bonds is 6. The quantitative estimate of drug-likeness (QED) is 0.415. The van der Waals surface area contributed by atoms with Gasteiger partial charge in [-0.05, 0) is 76.0 Å². The number of hydrogen-bond acceptors (Lipinski definition) is 8. The van der Waals surface area contributed by atoms with Gasteiger partial charge in [0.25, 0.3) is 0 Å². The highest BCUT2D eigenvalue weighted by Gasteiger charge is 2.51. The summed E-state index contributed by atoms with van der Waals surface area (Å²) >= 11 is 0. The van der Waals surface area contributed by atoms with Crippen molar-refractivity contribution < 1.29 is 14.5 Å². The van der Waals surface area contributed by atoms with Crippen molar-refractivity contribution in [2.45, 2.75) is 63.8 Å². The maximum atomic E-state index is 12.1. The summed E-state index contributed by atoms with van der Waals surface area (Å²) in [6.07, 6.45) is 9.84. The second-order valence-electron chi connectivity index (χ2n) is 9.99. The molecule has 0 radical (unpaired) electrons. The van der Waals surface area contributed by atoms with Crippen LogP contribution in [0, 0.1) is 33.8 Å². The van der Waals surface area contributed by atoms with Crippen LogP contribution in [0.25, 0.3) is 0 Å². The molecule has 1 saturated heterocycles. The van der Waals surface area contributed by atoms with E-state index in [-0.39, 0.29) is 28.0 Å². The Morgan fingerprint density at radius 2 is 1.81 bits per heavy atom. The molecule has 6 rings (SSSR count). The monoisotopic (exact) mass is 429 g/mol. The molecule has 1 N–H and O–H groups in total. The summed E-state index contributed by atoms with van der Waals surface area (Å²) in [6, 6.07) is 0. The average molecular weight is 430 g/mol. The molecule has 1 aromatic rings. The topological polar surface area (TPSA) is 110 Å². The number of ether oxygens (including phenoxy) is 1. The summed E-state index contributed by atoms with van der Waals surface area (Å²) in [6.45, 7) is 3.25. The van der Waals surface area contributed by atoms with Gasteiger partial charge in [0.2, 0.25) is 11.6 Å². The van der Waals surface area contributed by atoms with E-state index in [1.54, 1.807) is 6.92 Å². The van der Waals surface area contributed by atoms with E-state index in [0.717, 1.165) is 37.0 Å². The van der Waals surface area contributed by atoms with Crippen LogP contribution in [0.5, 0.6) is 0 Å². The lowest BCUT2D eigenvalue weighted by molar-refractivity contribution is -0.383. The first-order chi connectivity index (χ1) is 15.0. The van der Waals surface area contributed by atoms with Crippen molar-refractivity contribution in [2.24, 2.45) is 23.7 Å². The minimum Gasteiger partial charge on any atom is -0.466 e. The van der Waals surface area contributed by atoms with Gasteiger partial charge in [-0.25, -0.2) is 9.97 Å². The first-order valence-electron chi connectivity index (χ1n) is 11.7. The Kier molecular flexibility index (Phi) is 5.22. The summed E-state index contributed by atoms with van der Waals surface area (Å²) in [5.41, 5.74) is -0.102. The smallest absolute Gasteiger partial charge is 0.353 e. The van der Waals surface area contributed by atoms with Gasteiger partial charge >= 0.3 is 11.7 Å². The number of hydrogen-bond donors (Lipinski definition) is 1. The Morgan fingerprint density at radius 1 is 1.19 bits per heavy atom. The van der Waals surface area contributed by atoms with E-state index in [1.807, 2.05) is 4.90 Å². The van der Waals surface area contributed by atoms with E-state index in [4.69, 9.17) is 4.74 Å². The van der Waals surface area contributed by atoms with E-state index in [9.17, 15) is 14.9 Å². The van der Waals surface area contributed by atoms with Gasteiger partial charge in [-0.2, -0.15) is 0 Å². The van der Waals surface area contributed by atoms with Gasteiger partial charge in [0, 0.05) is 18.6 Å². The second-order valence-corrected chi connectivity index (χ2v) is 9.99. The maximum Gasteiger partial charge on any atom is 0.353 e. The van der Waals surface area contributed by atoms with Gasteiger partial charge in [0.1, 0.15) is 6.33 Å². The van der Waals surface area contributed by atoms with Crippen molar-refractivity contribution in [3.05, 3.63) is 16.4 Å². The molecular weight excluding hydrogens is 398 g/mol. The summed E-state index contributed by atoms with van der Waals surface area (Å²) < 4.78 is 5.14. The lowest BCUT2D eigenvalue weighted by atomic mass is 9.53. The highest BCUT2D eigenvalue weighted by Crippen LogP contribution is 2.57. The van der Waals surface area contributed by atoms with E-state index in [2.05, 4.69) is 15.3 Å². The van der Waals surface area contributed by atoms with Crippen molar-refractivity contribution in [2.75, 3.05) is 29.9 Å². The Labute approximate surface area is 182 Å². The summed E-state index contributed by atoms with van der Waals surface area (Å²) in [7, 11) is 0. The number of anilines is 2. The van der Waals surface area contributed by atoms with Gasteiger partial charge in [-0.3, -0.25) is 14.9 Å². The fourth-order valence-electron chi connectivity index (χ4n) is 6.96. The highest BCUT2D eigenvalue weighted by molar-refractivity contribution is 5.74. The van der Waals surface area contributed by atoms with E-state index >= 15 is 0 Å². The molecule has 0 aromatic carbocycles. The predicted molar refractivity (Wildman–Crippen MR) is 115 cm³/mol. The summed E-state index contributed by atoms with van der Waals surface area (Å²) in [5, 5.41) is 15.7. The van der Waals surface area contributed by atoms with Crippen LogP contribution < -0.4 is 10.2 Å². The number of nitro groups is 1. The van der Waals surface area contributed by atoms with Crippen molar-refractivity contribution >= 4 is 23.3 Å². The standard InChI is InChI=1S/C22H31N5O4/c1-2-31-21(28)17-3-5-26(6-4-17)20-18(27(29)30)19(23-13-24-20)25-22-10-14-7-15(11-22)9-16(8-14)12-22/h13-17H,2-12H2,1H3,(H,23,24,25). The Morgan fingerprint density at radius 3 is 2.35 bits per heavy atom. The minimum atomic E-state index is -0.352. The SMILES string of the molecule is CCOC(=O)C1CCN(c2ncnc(NC34CC5CC(CC(C5)C3)C4)c2[N+](=O)[O-])CC1. The van der Waals surface area contributed by atoms with Crippen LogP contribution in [0.3, 0.4) is 0 Å². The lowest BCUT2D eigenvalue weighted by Gasteiger charge is -2.57. The number of nitrogens with zero attached hydrogens (tertiary/aromatic N) is 4. The lowest BCUT2D eigenvalue weighted by Crippen LogP contribution is -2.55. The highest BCUT2D eigenvalue weighted by atomic mass is 16.6. The molecule has 4 aliphatic carbocycles. The fraction of sp³-hybridized carbons (Fsp3) is 0.773. The third kappa shape index (κ3) is 3.83. The van der Waals surface area contributed by atoms with Gasteiger partial charge in [-0.15, -0.1) is 0 Å². The molecule has 2 heterocycles. The van der Waals surface area contributed by atoms with Crippen LogP contribution in [-0.4, -0.2) is 46.1 Å². The van der Waals surface area contributed by atoms with Gasteiger partial charge < -0.3 is 15.0 Å². The average Bonchev–Trinajstić information content (AvgIpc) is 2.72. The molecule has 0 spiro atoms. The molecule has 0 atom stereocenters. The molecule has 4 saturated carbocycles.